The number of hydrogen-bond acceptors (Lipinski definition) is 16. The maximum absolute atomic E-state index is 10.6. The first-order chi connectivity index (χ1) is 25.1. The second-order valence-electron chi connectivity index (χ2n) is 13.4. The highest BCUT2D eigenvalue weighted by molar-refractivity contribution is 5.54. The summed E-state index contributed by atoms with van der Waals surface area (Å²) in [5.41, 5.74) is 3.70. The van der Waals surface area contributed by atoms with Crippen molar-refractivity contribution in [2.24, 2.45) is 5.92 Å². The Hall–Kier alpha value is -2.97. The maximum atomic E-state index is 10.6. The summed E-state index contributed by atoms with van der Waals surface area (Å²) >= 11 is 0. The monoisotopic (exact) mass is 755 g/mol. The Morgan fingerprint density at radius 3 is 1.92 bits per heavy atom. The van der Waals surface area contributed by atoms with Crippen molar-refractivity contribution < 1.29 is 74.4 Å². The van der Waals surface area contributed by atoms with Crippen LogP contribution in [0, 0.1) is 12.8 Å². The molecule has 1 unspecified atom stereocenters. The van der Waals surface area contributed by atoms with Gasteiger partial charge in [-0.15, -0.1) is 0 Å². The Morgan fingerprint density at radius 2 is 1.38 bits per heavy atom. The average Bonchev–Trinajstić information content (AvgIpc) is 3.13. The van der Waals surface area contributed by atoms with Gasteiger partial charge in [0.15, 0.2) is 12.0 Å². The number of ether oxygens (including phenoxy) is 6. The summed E-state index contributed by atoms with van der Waals surface area (Å²) in [6, 6.07) is 0. The van der Waals surface area contributed by atoms with E-state index >= 15 is 0 Å². The van der Waals surface area contributed by atoms with E-state index in [0.29, 0.717) is 29.7 Å². The second kappa shape index (κ2) is 20.6. The van der Waals surface area contributed by atoms with Crippen molar-refractivity contribution in [3.63, 3.8) is 0 Å². The summed E-state index contributed by atoms with van der Waals surface area (Å²) in [7, 11) is 2.81. The molecule has 0 radical (unpaired) electrons. The lowest BCUT2D eigenvalue weighted by atomic mass is 9.94. The smallest absolute Gasteiger partial charge is 0.261 e. The molecule has 0 aromatic carbocycles. The van der Waals surface area contributed by atoms with E-state index in [0.717, 1.165) is 11.1 Å². The minimum atomic E-state index is -1.63. The van der Waals surface area contributed by atoms with E-state index in [9.17, 15) is 46.0 Å². The zero-order valence-corrected chi connectivity index (χ0v) is 31.3. The van der Waals surface area contributed by atoms with Crippen LogP contribution in [0.4, 0.5) is 0 Å². The molecule has 1 aromatic rings. The van der Waals surface area contributed by atoms with Gasteiger partial charge in [0, 0.05) is 17.9 Å². The summed E-state index contributed by atoms with van der Waals surface area (Å²) in [6.45, 7) is 7.82. The lowest BCUT2D eigenvalue weighted by molar-refractivity contribution is -0.310. The Kier molecular flexibility index (Phi) is 17.3. The molecule has 9 N–H and O–H groups in total. The molecule has 3 heterocycles. The summed E-state index contributed by atoms with van der Waals surface area (Å²) in [5, 5.41) is 90.5. The highest BCUT2D eigenvalue weighted by Crippen LogP contribution is 2.41. The topological polar surface area (TPSA) is 250 Å². The molecule has 0 spiro atoms. The highest BCUT2D eigenvalue weighted by atomic mass is 16.7. The SMILES string of the molecule is COc1nc(C/C=C(\C)C/C=C/C(C)=C/[C@@H](C)[C@@H](O[C@@H]2O[C@H](CO)[C@@H](O)[C@H](O)[C@H]2O)/C(C)=C/CO)c(C)c(O[C@H]2O[C@H](CO)[C@@H](O)C(O)[C@H]2O)c1OC. The van der Waals surface area contributed by atoms with Crippen LogP contribution in [0.25, 0.3) is 0 Å². The second-order valence-corrected chi connectivity index (χ2v) is 13.4. The van der Waals surface area contributed by atoms with E-state index in [2.05, 4.69) is 4.98 Å². The molecule has 0 amide bonds. The Labute approximate surface area is 309 Å². The molecular weight excluding hydrogens is 698 g/mol. The minimum Gasteiger partial charge on any atom is -0.489 e. The first kappa shape index (κ1) is 44.4. The summed E-state index contributed by atoms with van der Waals surface area (Å²) in [6.07, 6.45) is -4.81. The van der Waals surface area contributed by atoms with Crippen molar-refractivity contribution in [1.29, 1.82) is 0 Å². The molecule has 3 rings (SSSR count). The number of aliphatic hydroxyl groups excluding tert-OH is 9. The zero-order valence-electron chi connectivity index (χ0n) is 31.3. The van der Waals surface area contributed by atoms with E-state index in [1.54, 1.807) is 19.9 Å². The van der Waals surface area contributed by atoms with Crippen LogP contribution in [0.15, 0.2) is 47.1 Å². The number of hydrogen-bond donors (Lipinski definition) is 9. The Morgan fingerprint density at radius 1 is 0.792 bits per heavy atom. The molecule has 53 heavy (non-hydrogen) atoms. The van der Waals surface area contributed by atoms with Crippen LogP contribution in [0.3, 0.4) is 0 Å². The van der Waals surface area contributed by atoms with Gasteiger partial charge < -0.3 is 74.4 Å². The number of pyridine rings is 1. The average molecular weight is 756 g/mol. The van der Waals surface area contributed by atoms with Crippen molar-refractivity contribution in [1.82, 2.24) is 4.98 Å². The van der Waals surface area contributed by atoms with Gasteiger partial charge in [-0.1, -0.05) is 48.5 Å². The number of nitrogens with zero attached hydrogens (tertiary/aromatic N) is 1. The van der Waals surface area contributed by atoms with Crippen LogP contribution >= 0.6 is 0 Å². The first-order valence-electron chi connectivity index (χ1n) is 17.5. The lowest BCUT2D eigenvalue weighted by Crippen LogP contribution is -2.60. The molecule has 0 aliphatic carbocycles. The fourth-order valence-corrected chi connectivity index (χ4v) is 6.17. The van der Waals surface area contributed by atoms with E-state index < -0.39 is 80.7 Å². The van der Waals surface area contributed by atoms with Gasteiger partial charge in [-0.3, -0.25) is 0 Å². The van der Waals surface area contributed by atoms with Gasteiger partial charge >= 0.3 is 0 Å². The van der Waals surface area contributed by atoms with Gasteiger partial charge in [-0.05, 0) is 39.7 Å². The van der Waals surface area contributed by atoms with E-state index in [1.165, 1.54) is 14.2 Å². The molecule has 300 valence electrons. The van der Waals surface area contributed by atoms with Crippen molar-refractivity contribution in [2.45, 2.75) is 115 Å². The number of methoxy groups -OCH3 is 2. The third kappa shape index (κ3) is 11.1. The fourth-order valence-electron chi connectivity index (χ4n) is 6.17. The van der Waals surface area contributed by atoms with Gasteiger partial charge in [-0.2, -0.15) is 0 Å². The Balaban J connectivity index is 1.74. The standard InChI is InChI=1S/C37H57NO15/c1-18(9-8-10-19(2)15-21(4)32(20(3)13-14-39)52-36-30(46)28(44)26(42)24(16-40)50-36)11-12-23-22(5)33(34(48-6)35(38-23)49-7)53-37-31(47)29(45)27(43)25(17-41)51-37/h8,10-11,13,15,21,24-32,36-37,39-47H,9,12,14,16-17H2,1-7H3/b10-8+,18-11+,19-15+,20-13+/t21-,24-,25-,26-,27-,28+,29?,30-,31-,32+,36+,37-/m1/s1. The quantitative estimate of drug-likeness (QED) is 0.0733. The van der Waals surface area contributed by atoms with Crippen LogP contribution in [-0.4, -0.2) is 152 Å². The molecule has 2 saturated heterocycles. The van der Waals surface area contributed by atoms with Gasteiger partial charge in [0.1, 0.15) is 48.8 Å². The fraction of sp³-hybridized carbons (Fsp3) is 0.649. The Bertz CT molecular complexity index is 1440. The zero-order chi connectivity index (χ0) is 39.6. The first-order valence-corrected chi connectivity index (χ1v) is 17.5. The van der Waals surface area contributed by atoms with Crippen molar-refractivity contribution in [3.8, 4) is 17.4 Å². The lowest BCUT2D eigenvalue weighted by Gasteiger charge is -2.41. The van der Waals surface area contributed by atoms with E-state index in [-0.39, 0.29) is 29.9 Å². The van der Waals surface area contributed by atoms with Crippen molar-refractivity contribution in [3.05, 3.63) is 58.4 Å². The predicted molar refractivity (Wildman–Crippen MR) is 190 cm³/mol. The number of aromatic nitrogens is 1. The number of aliphatic hydroxyl groups is 9. The maximum Gasteiger partial charge on any atom is 0.261 e. The van der Waals surface area contributed by atoms with Crippen LogP contribution in [0.2, 0.25) is 0 Å². The molecule has 16 heteroatoms. The highest BCUT2D eigenvalue weighted by Gasteiger charge is 2.46. The molecule has 2 aliphatic heterocycles. The molecule has 0 saturated carbocycles. The van der Waals surface area contributed by atoms with Crippen LogP contribution in [0.1, 0.15) is 45.4 Å². The van der Waals surface area contributed by atoms with Crippen molar-refractivity contribution in [2.75, 3.05) is 34.0 Å². The molecule has 1 aromatic heterocycles. The van der Waals surface area contributed by atoms with Crippen molar-refractivity contribution >= 4 is 0 Å². The third-order valence-electron chi connectivity index (χ3n) is 9.35. The van der Waals surface area contributed by atoms with E-state index in [1.807, 2.05) is 45.1 Å². The van der Waals surface area contributed by atoms with Gasteiger partial charge in [0.05, 0.1) is 45.8 Å². The molecule has 16 nitrogen and oxygen atoms in total. The number of allylic oxidation sites excluding steroid dienone is 5. The van der Waals surface area contributed by atoms with Gasteiger partial charge in [0.2, 0.25) is 12.0 Å². The third-order valence-corrected chi connectivity index (χ3v) is 9.35. The summed E-state index contributed by atoms with van der Waals surface area (Å²) in [4.78, 5) is 4.59. The van der Waals surface area contributed by atoms with Gasteiger partial charge in [0.25, 0.3) is 5.88 Å². The largest absolute Gasteiger partial charge is 0.489 e. The summed E-state index contributed by atoms with van der Waals surface area (Å²) in [5.74, 6) is 0.113. The predicted octanol–water partition coefficient (Wildman–Crippen LogP) is -0.273. The molecule has 12 atom stereocenters. The van der Waals surface area contributed by atoms with Crippen LogP contribution in [0.5, 0.6) is 17.4 Å². The van der Waals surface area contributed by atoms with Crippen LogP contribution in [-0.2, 0) is 20.6 Å². The molecule has 2 aliphatic rings. The normalized spacial score (nSPS) is 31.4. The summed E-state index contributed by atoms with van der Waals surface area (Å²) < 4.78 is 34.1. The van der Waals surface area contributed by atoms with Gasteiger partial charge in [-0.25, -0.2) is 4.98 Å². The van der Waals surface area contributed by atoms with E-state index in [4.69, 9.17) is 28.4 Å². The van der Waals surface area contributed by atoms with Crippen LogP contribution < -0.4 is 14.2 Å². The minimum absolute atomic E-state index is 0.117. The molecular formula is C37H57NO15. The number of rotatable bonds is 17. The molecule has 2 fully saturated rings. The molecule has 0 bridgehead atoms.